The Bertz CT molecular complexity index is 929. The average Bonchev–Trinajstić information content (AvgIpc) is 2.63. The molecule has 1 amide bonds. The molecule has 0 aliphatic rings. The monoisotopic (exact) mass is 388 g/mol. The van der Waals surface area contributed by atoms with Crippen LogP contribution in [0.1, 0.15) is 50.2 Å². The first-order chi connectivity index (χ1) is 12.9. The van der Waals surface area contributed by atoms with Crippen LogP contribution in [0, 0.1) is 11.7 Å². The Morgan fingerprint density at radius 1 is 1.30 bits per heavy atom. The van der Waals surface area contributed by atoms with E-state index in [0.717, 1.165) is 37.5 Å². The zero-order valence-corrected chi connectivity index (χ0v) is 16.3. The molecule has 0 fully saturated rings. The van der Waals surface area contributed by atoms with E-state index in [9.17, 15) is 14.7 Å². The van der Waals surface area contributed by atoms with Crippen LogP contribution in [0.2, 0.25) is 0 Å². The van der Waals surface area contributed by atoms with Crippen molar-refractivity contribution in [2.24, 2.45) is 5.10 Å². The fraction of sp³-hybridized carbons (Fsp3) is 0.368. The van der Waals surface area contributed by atoms with Crippen LogP contribution in [-0.2, 0) is 4.79 Å². The second-order valence-electron chi connectivity index (χ2n) is 6.27. The number of amides is 1. The summed E-state index contributed by atoms with van der Waals surface area (Å²) in [5.41, 5.74) is 3.36. The van der Waals surface area contributed by atoms with Crippen LogP contribution in [0.5, 0.6) is 5.88 Å². The van der Waals surface area contributed by atoms with E-state index < -0.39 is 5.56 Å². The highest BCUT2D eigenvalue weighted by atomic mass is 32.1. The third-order valence-corrected chi connectivity index (χ3v) is 4.34. The van der Waals surface area contributed by atoms with Crippen LogP contribution in [0.4, 0.5) is 0 Å². The van der Waals surface area contributed by atoms with Gasteiger partial charge in [-0.15, -0.1) is 0 Å². The molecule has 0 radical (unpaired) electrons. The molecular weight excluding hydrogens is 364 g/mol. The predicted molar refractivity (Wildman–Crippen MR) is 108 cm³/mol. The second kappa shape index (κ2) is 9.82. The predicted octanol–water partition coefficient (Wildman–Crippen LogP) is 3.33. The van der Waals surface area contributed by atoms with Crippen LogP contribution >= 0.6 is 12.2 Å². The van der Waals surface area contributed by atoms with Crippen molar-refractivity contribution in [1.82, 2.24) is 15.0 Å². The van der Waals surface area contributed by atoms with Gasteiger partial charge in [0.2, 0.25) is 11.8 Å². The van der Waals surface area contributed by atoms with Crippen molar-refractivity contribution in [2.45, 2.75) is 46.0 Å². The Kier molecular flexibility index (Phi) is 7.48. The molecule has 0 bridgehead atoms. The number of H-pyrrole nitrogens is 1. The highest BCUT2D eigenvalue weighted by molar-refractivity contribution is 7.71. The smallest absolute Gasteiger partial charge is 0.264 e. The molecule has 0 saturated carbocycles. The van der Waals surface area contributed by atoms with Crippen LogP contribution in [0.3, 0.4) is 0 Å². The zero-order chi connectivity index (χ0) is 19.8. The summed E-state index contributed by atoms with van der Waals surface area (Å²) in [4.78, 5) is 26.4. The molecule has 2 aromatic rings. The van der Waals surface area contributed by atoms with E-state index in [2.05, 4.69) is 22.4 Å². The summed E-state index contributed by atoms with van der Waals surface area (Å²) < 4.78 is 1.41. The molecule has 0 spiro atoms. The summed E-state index contributed by atoms with van der Waals surface area (Å²) >= 11 is 5.16. The van der Waals surface area contributed by atoms with Gasteiger partial charge in [0.1, 0.15) is 5.56 Å². The zero-order valence-electron chi connectivity index (χ0n) is 15.5. The van der Waals surface area contributed by atoms with E-state index in [-0.39, 0.29) is 22.1 Å². The average molecular weight is 388 g/mol. The maximum absolute atomic E-state index is 12.1. The lowest BCUT2D eigenvalue weighted by molar-refractivity contribution is -0.121. The molecule has 7 nitrogen and oxygen atoms in total. The highest BCUT2D eigenvalue weighted by Crippen LogP contribution is 2.18. The van der Waals surface area contributed by atoms with Crippen molar-refractivity contribution in [1.29, 1.82) is 0 Å². The first-order valence-electron chi connectivity index (χ1n) is 8.91. The lowest BCUT2D eigenvalue weighted by Crippen LogP contribution is -2.21. The maximum atomic E-state index is 12.1. The highest BCUT2D eigenvalue weighted by Gasteiger charge is 2.12. The van der Waals surface area contributed by atoms with Crippen molar-refractivity contribution in [3.05, 3.63) is 50.5 Å². The van der Waals surface area contributed by atoms with Gasteiger partial charge >= 0.3 is 0 Å². The molecule has 8 heteroatoms. The van der Waals surface area contributed by atoms with Crippen molar-refractivity contribution in [3.8, 4) is 11.6 Å². The number of hydrogen-bond donors (Lipinski definition) is 3. The Morgan fingerprint density at radius 3 is 2.67 bits per heavy atom. The Labute approximate surface area is 162 Å². The first-order valence-corrected chi connectivity index (χ1v) is 9.32. The number of hydrogen-bond acceptors (Lipinski definition) is 5. The number of aromatic amines is 1. The summed E-state index contributed by atoms with van der Waals surface area (Å²) in [5, 5.41) is 14.3. The molecule has 0 aliphatic carbocycles. The molecule has 0 aliphatic heterocycles. The molecule has 1 aromatic heterocycles. The first kappa shape index (κ1) is 20.6. The normalized spacial score (nSPS) is 11.0. The van der Waals surface area contributed by atoms with Gasteiger partial charge in [0.25, 0.3) is 5.56 Å². The quantitative estimate of drug-likeness (QED) is 0.279. The van der Waals surface area contributed by atoms with E-state index in [4.69, 9.17) is 12.2 Å². The topological polar surface area (TPSA) is 99.5 Å². The van der Waals surface area contributed by atoms with Crippen LogP contribution in [0.25, 0.3) is 5.69 Å². The van der Waals surface area contributed by atoms with Gasteiger partial charge in [-0.05, 0) is 37.7 Å². The number of aryl methyl sites for hydroxylation is 1. The lowest BCUT2D eigenvalue weighted by Gasteiger charge is -2.11. The van der Waals surface area contributed by atoms with Gasteiger partial charge in [-0.25, -0.2) is 5.43 Å². The number of rotatable bonds is 8. The summed E-state index contributed by atoms with van der Waals surface area (Å²) in [6.45, 7) is 4.05. The largest absolute Gasteiger partial charge is 0.494 e. The number of carbonyl (C=O) groups excluding carboxylic acids is 1. The fourth-order valence-electron chi connectivity index (χ4n) is 2.53. The van der Waals surface area contributed by atoms with Gasteiger partial charge in [-0.3, -0.25) is 19.1 Å². The number of nitrogens with one attached hydrogen (secondary N) is 2. The number of nitrogens with zero attached hydrogens (tertiary/aromatic N) is 2. The molecule has 2 rings (SSSR count). The summed E-state index contributed by atoms with van der Waals surface area (Å²) in [7, 11) is 0. The molecule has 1 aromatic carbocycles. The summed E-state index contributed by atoms with van der Waals surface area (Å²) in [6, 6.07) is 7.30. The number of aromatic nitrogens is 2. The third-order valence-electron chi connectivity index (χ3n) is 4.05. The summed E-state index contributed by atoms with van der Waals surface area (Å²) in [5.74, 6) is -0.571. The number of aromatic hydroxyl groups is 1. The minimum absolute atomic E-state index is 0.0680. The third kappa shape index (κ3) is 5.62. The fourth-order valence-corrected chi connectivity index (χ4v) is 2.81. The SMILES string of the molecule is CCCCCCC(=O)NN=Cc1c(O)n(-c2ccc(C)cc2)c(=S)[nH]c1=O. The molecule has 3 N–H and O–H groups in total. The lowest BCUT2D eigenvalue weighted by atomic mass is 10.1. The Morgan fingerprint density at radius 2 is 2.00 bits per heavy atom. The molecule has 27 heavy (non-hydrogen) atoms. The van der Waals surface area contributed by atoms with Crippen molar-refractivity contribution >= 4 is 24.3 Å². The van der Waals surface area contributed by atoms with Crippen molar-refractivity contribution < 1.29 is 9.90 Å². The Balaban J connectivity index is 2.19. The van der Waals surface area contributed by atoms with Gasteiger partial charge in [0.15, 0.2) is 4.77 Å². The van der Waals surface area contributed by atoms with E-state index in [0.29, 0.717) is 12.1 Å². The van der Waals surface area contributed by atoms with Crippen molar-refractivity contribution in [3.63, 3.8) is 0 Å². The molecule has 144 valence electrons. The maximum Gasteiger partial charge on any atom is 0.264 e. The van der Waals surface area contributed by atoms with Gasteiger partial charge in [0, 0.05) is 6.42 Å². The minimum atomic E-state index is -0.582. The van der Waals surface area contributed by atoms with Gasteiger partial charge in [-0.2, -0.15) is 5.10 Å². The van der Waals surface area contributed by atoms with E-state index in [1.807, 2.05) is 19.1 Å². The molecule has 1 heterocycles. The number of benzene rings is 1. The minimum Gasteiger partial charge on any atom is -0.494 e. The second-order valence-corrected chi connectivity index (χ2v) is 6.66. The molecular formula is C19H24N4O3S. The number of carbonyl (C=O) groups is 1. The van der Waals surface area contributed by atoms with E-state index >= 15 is 0 Å². The Hall–Kier alpha value is -2.74. The number of hydrazone groups is 1. The molecule has 0 unspecified atom stereocenters. The van der Waals surface area contributed by atoms with Crippen molar-refractivity contribution in [2.75, 3.05) is 0 Å². The van der Waals surface area contributed by atoms with E-state index in [1.165, 1.54) is 4.57 Å². The van der Waals surface area contributed by atoms with Gasteiger partial charge < -0.3 is 5.11 Å². The molecule has 0 saturated heterocycles. The van der Waals surface area contributed by atoms with Gasteiger partial charge in [0.05, 0.1) is 11.9 Å². The number of unbranched alkanes of at least 4 members (excludes halogenated alkanes) is 3. The van der Waals surface area contributed by atoms with Crippen LogP contribution < -0.4 is 11.0 Å². The summed E-state index contributed by atoms with van der Waals surface area (Å²) in [6.07, 6.45) is 5.46. The standard InChI is InChI=1S/C19H24N4O3S/c1-3-4-5-6-7-16(24)22-20-12-15-17(25)21-19(27)23(18(15)26)14-10-8-13(2)9-11-14/h8-12,26H,3-7H2,1-2H3,(H,22,24)(H,21,25,27). The van der Waals surface area contributed by atoms with Gasteiger partial charge in [-0.1, -0.05) is 43.9 Å². The molecule has 0 atom stereocenters. The van der Waals surface area contributed by atoms with Crippen LogP contribution in [0.15, 0.2) is 34.2 Å². The van der Waals surface area contributed by atoms with Crippen LogP contribution in [-0.4, -0.2) is 26.8 Å². The van der Waals surface area contributed by atoms with E-state index in [1.54, 1.807) is 12.1 Å².